The number of nitrogens with two attached hydrogens (primary N) is 1. The van der Waals surface area contributed by atoms with Crippen LogP contribution in [-0.4, -0.2) is 16.6 Å². The van der Waals surface area contributed by atoms with Crippen LogP contribution in [0, 0.1) is 0 Å². The van der Waals surface area contributed by atoms with Crippen molar-refractivity contribution in [1.29, 1.82) is 0 Å². The molecule has 10 heavy (non-hydrogen) atoms. The quantitative estimate of drug-likeness (QED) is 0.551. The van der Waals surface area contributed by atoms with Gasteiger partial charge in [-0.05, 0) is 25.3 Å². The molecular formula is C7H11NO2. The number of carbonyl (C=O) groups is 1. The molecule has 0 aromatic heterocycles. The van der Waals surface area contributed by atoms with Crippen LogP contribution < -0.4 is 5.73 Å². The maximum Gasteiger partial charge on any atom is 0.327 e. The van der Waals surface area contributed by atoms with Crippen LogP contribution in [0.25, 0.3) is 0 Å². The minimum Gasteiger partial charge on any atom is -0.480 e. The Bertz CT molecular complexity index is 194. The molecule has 56 valence electrons. The average Bonchev–Trinajstić information content (AvgIpc) is 1.57. The van der Waals surface area contributed by atoms with Crippen molar-refractivity contribution in [3.05, 3.63) is 11.6 Å². The highest BCUT2D eigenvalue weighted by atomic mass is 16.4. The molecule has 1 atom stereocenters. The van der Waals surface area contributed by atoms with E-state index in [-0.39, 0.29) is 0 Å². The Kier molecular flexibility index (Phi) is 1.52. The lowest BCUT2D eigenvalue weighted by Gasteiger charge is -2.27. The van der Waals surface area contributed by atoms with Crippen LogP contribution in [0.4, 0.5) is 0 Å². The van der Waals surface area contributed by atoms with Crippen LogP contribution in [0.5, 0.6) is 0 Å². The second-order valence-corrected chi connectivity index (χ2v) is 2.78. The van der Waals surface area contributed by atoms with Crippen molar-refractivity contribution in [1.82, 2.24) is 0 Å². The van der Waals surface area contributed by atoms with Gasteiger partial charge in [-0.25, -0.2) is 4.79 Å². The van der Waals surface area contributed by atoms with Gasteiger partial charge in [-0.1, -0.05) is 6.08 Å². The number of rotatable bonds is 2. The van der Waals surface area contributed by atoms with Gasteiger partial charge in [0, 0.05) is 0 Å². The van der Waals surface area contributed by atoms with E-state index >= 15 is 0 Å². The summed E-state index contributed by atoms with van der Waals surface area (Å²) in [7, 11) is 0. The van der Waals surface area contributed by atoms with Crippen molar-refractivity contribution in [3.8, 4) is 0 Å². The molecule has 0 bridgehead atoms. The molecule has 0 saturated carbocycles. The monoisotopic (exact) mass is 141 g/mol. The van der Waals surface area contributed by atoms with Crippen LogP contribution in [0.3, 0.4) is 0 Å². The predicted octanol–water partition coefficient (Wildman–Crippen LogP) is 0.509. The SMILES string of the molecule is CC(N)(C(=O)O)C1=CCC1. The molecule has 3 heteroatoms. The molecule has 1 unspecified atom stereocenters. The maximum atomic E-state index is 10.5. The van der Waals surface area contributed by atoms with E-state index in [0.29, 0.717) is 0 Å². The van der Waals surface area contributed by atoms with Crippen molar-refractivity contribution in [2.45, 2.75) is 25.3 Å². The van der Waals surface area contributed by atoms with Crippen molar-refractivity contribution in [2.24, 2.45) is 5.73 Å². The van der Waals surface area contributed by atoms with Crippen molar-refractivity contribution >= 4 is 5.97 Å². The molecule has 0 aliphatic heterocycles. The third-order valence-electron chi connectivity index (χ3n) is 1.92. The Morgan fingerprint density at radius 1 is 1.90 bits per heavy atom. The number of allylic oxidation sites excluding steroid dienone is 1. The largest absolute Gasteiger partial charge is 0.480 e. The van der Waals surface area contributed by atoms with Crippen molar-refractivity contribution in [2.75, 3.05) is 0 Å². The van der Waals surface area contributed by atoms with E-state index in [0.717, 1.165) is 18.4 Å². The minimum absolute atomic E-state index is 0.833. The number of aliphatic carboxylic acids is 1. The fourth-order valence-corrected chi connectivity index (χ4v) is 0.898. The van der Waals surface area contributed by atoms with Crippen molar-refractivity contribution in [3.63, 3.8) is 0 Å². The van der Waals surface area contributed by atoms with E-state index in [1.807, 2.05) is 6.08 Å². The molecule has 0 amide bonds. The van der Waals surface area contributed by atoms with Gasteiger partial charge in [-0.2, -0.15) is 0 Å². The van der Waals surface area contributed by atoms with Crippen LogP contribution in [0.2, 0.25) is 0 Å². The van der Waals surface area contributed by atoms with Gasteiger partial charge in [0.25, 0.3) is 0 Å². The zero-order chi connectivity index (χ0) is 7.78. The smallest absolute Gasteiger partial charge is 0.327 e. The van der Waals surface area contributed by atoms with Gasteiger partial charge in [-0.3, -0.25) is 0 Å². The molecule has 1 aliphatic rings. The second kappa shape index (κ2) is 2.09. The Morgan fingerprint density at radius 3 is 2.50 bits per heavy atom. The maximum absolute atomic E-state index is 10.5. The molecule has 0 heterocycles. The summed E-state index contributed by atoms with van der Waals surface area (Å²) in [5.41, 5.74) is 5.22. The van der Waals surface area contributed by atoms with Crippen LogP contribution >= 0.6 is 0 Å². The Morgan fingerprint density at radius 2 is 2.40 bits per heavy atom. The molecule has 3 N–H and O–H groups in total. The number of hydrogen-bond acceptors (Lipinski definition) is 2. The van der Waals surface area contributed by atoms with Crippen LogP contribution in [-0.2, 0) is 4.79 Å². The number of hydrogen-bond donors (Lipinski definition) is 2. The lowest BCUT2D eigenvalue weighted by atomic mass is 9.82. The Labute approximate surface area is 59.5 Å². The first-order chi connectivity index (χ1) is 4.55. The molecule has 0 fully saturated rings. The first-order valence-electron chi connectivity index (χ1n) is 3.27. The van der Waals surface area contributed by atoms with Crippen molar-refractivity contribution < 1.29 is 9.90 Å². The summed E-state index contributed by atoms with van der Waals surface area (Å²) in [4.78, 5) is 10.5. The van der Waals surface area contributed by atoms with Gasteiger partial charge in [0.2, 0.25) is 0 Å². The molecule has 3 nitrogen and oxygen atoms in total. The summed E-state index contributed by atoms with van der Waals surface area (Å²) in [5.74, 6) is -0.946. The Balaban J connectivity index is 2.76. The molecule has 0 aromatic rings. The van der Waals surface area contributed by atoms with E-state index < -0.39 is 11.5 Å². The lowest BCUT2D eigenvalue weighted by Crippen LogP contribution is -2.47. The lowest BCUT2D eigenvalue weighted by molar-refractivity contribution is -0.141. The fraction of sp³-hybridized carbons (Fsp3) is 0.571. The highest BCUT2D eigenvalue weighted by Crippen LogP contribution is 2.27. The summed E-state index contributed by atoms with van der Waals surface area (Å²) in [6.45, 7) is 1.53. The zero-order valence-electron chi connectivity index (χ0n) is 5.92. The molecular weight excluding hydrogens is 130 g/mol. The highest BCUT2D eigenvalue weighted by molar-refractivity contribution is 5.82. The number of carboxylic acids is 1. The average molecular weight is 141 g/mol. The second-order valence-electron chi connectivity index (χ2n) is 2.78. The number of carboxylic acid groups (broad SMARTS) is 1. The normalized spacial score (nSPS) is 22.4. The van der Waals surface area contributed by atoms with Gasteiger partial charge >= 0.3 is 5.97 Å². The van der Waals surface area contributed by atoms with Gasteiger partial charge in [0.15, 0.2) is 0 Å². The third-order valence-corrected chi connectivity index (χ3v) is 1.92. The summed E-state index contributed by atoms with van der Waals surface area (Å²) in [6.07, 6.45) is 3.68. The van der Waals surface area contributed by atoms with E-state index in [4.69, 9.17) is 10.8 Å². The van der Waals surface area contributed by atoms with E-state index in [1.165, 1.54) is 6.92 Å². The fourth-order valence-electron chi connectivity index (χ4n) is 0.898. The minimum atomic E-state index is -1.13. The first kappa shape index (κ1) is 7.28. The summed E-state index contributed by atoms with van der Waals surface area (Å²) in [5, 5.41) is 8.61. The highest BCUT2D eigenvalue weighted by Gasteiger charge is 2.34. The van der Waals surface area contributed by atoms with Crippen LogP contribution in [0.1, 0.15) is 19.8 Å². The molecule has 0 aromatic carbocycles. The zero-order valence-corrected chi connectivity index (χ0v) is 5.92. The van der Waals surface area contributed by atoms with E-state index in [2.05, 4.69) is 0 Å². The summed E-state index contributed by atoms with van der Waals surface area (Å²) in [6, 6.07) is 0. The Hall–Kier alpha value is -0.830. The molecule has 1 aliphatic carbocycles. The van der Waals surface area contributed by atoms with Gasteiger partial charge in [-0.15, -0.1) is 0 Å². The first-order valence-corrected chi connectivity index (χ1v) is 3.27. The molecule has 0 spiro atoms. The topological polar surface area (TPSA) is 63.3 Å². The van der Waals surface area contributed by atoms with Gasteiger partial charge in [0.05, 0.1) is 0 Å². The van der Waals surface area contributed by atoms with E-state index in [1.54, 1.807) is 0 Å². The standard InChI is InChI=1S/C7H11NO2/c1-7(8,6(9)10)5-3-2-4-5/h3H,2,4,8H2,1H3,(H,9,10). The summed E-state index contributed by atoms with van der Waals surface area (Å²) < 4.78 is 0. The summed E-state index contributed by atoms with van der Waals surface area (Å²) >= 11 is 0. The van der Waals surface area contributed by atoms with Gasteiger partial charge in [0.1, 0.15) is 5.54 Å². The van der Waals surface area contributed by atoms with E-state index in [9.17, 15) is 4.79 Å². The molecule has 0 saturated heterocycles. The molecule has 1 rings (SSSR count). The third kappa shape index (κ3) is 0.926. The molecule has 0 radical (unpaired) electrons. The van der Waals surface area contributed by atoms with Crippen LogP contribution in [0.15, 0.2) is 11.6 Å². The predicted molar refractivity (Wildman–Crippen MR) is 37.5 cm³/mol. The van der Waals surface area contributed by atoms with Gasteiger partial charge < -0.3 is 10.8 Å².